The fourth-order valence-electron chi connectivity index (χ4n) is 5.44. The molecule has 0 nitrogen and oxygen atoms in total. The van der Waals surface area contributed by atoms with E-state index in [1.54, 1.807) is 0 Å². The maximum Gasteiger partial charge on any atom is 0.0690 e. The molecule has 9 heteroatoms. The normalized spacial score (nSPS) is 16.1. The molecule has 0 heterocycles. The number of hydrogen-bond donors (Lipinski definition) is 0. The average Bonchev–Trinajstić information content (AvgIpc) is 2.13. The van der Waals surface area contributed by atoms with Crippen LogP contribution in [0.4, 0.5) is 0 Å². The first-order chi connectivity index (χ1) is 11.7. The third-order valence-corrected chi connectivity index (χ3v) is 94.0. The summed E-state index contributed by atoms with van der Waals surface area (Å²) in [6.07, 6.45) is 0. The lowest BCUT2D eigenvalue weighted by Crippen LogP contribution is -2.48. The minimum absolute atomic E-state index is 0.232. The van der Waals surface area contributed by atoms with E-state index in [4.69, 9.17) is 0 Å². The van der Waals surface area contributed by atoms with Crippen LogP contribution in [0.3, 0.4) is 0 Å². The SMILES string of the molecule is C[Si](C)(C)P(C(P([Si](C)(C)C)[Si](C)(C)C)P([Si](C)(C)C)[Si](C)(C)C)[Si](C)(C)C. The van der Waals surface area contributed by atoms with E-state index in [0.29, 0.717) is 0 Å². The molecule has 0 saturated heterocycles. The second kappa shape index (κ2) is 9.45. The van der Waals surface area contributed by atoms with Crippen molar-refractivity contribution in [1.29, 1.82) is 0 Å². The third kappa shape index (κ3) is 8.50. The molecule has 170 valence electrons. The van der Waals surface area contributed by atoms with Crippen molar-refractivity contribution in [2.45, 2.75) is 123 Å². The van der Waals surface area contributed by atoms with Gasteiger partial charge in [-0.1, -0.05) is 118 Å². The van der Waals surface area contributed by atoms with Crippen LogP contribution in [-0.2, 0) is 0 Å². The third-order valence-electron chi connectivity index (χ3n) is 5.03. The molecule has 0 spiro atoms. The van der Waals surface area contributed by atoms with Crippen molar-refractivity contribution in [2.24, 2.45) is 0 Å². The molecule has 0 saturated carbocycles. The van der Waals surface area contributed by atoms with Crippen molar-refractivity contribution in [3.63, 3.8) is 0 Å². The second-order valence-corrected chi connectivity index (χ2v) is 82.4. The summed E-state index contributed by atoms with van der Waals surface area (Å²) in [7, 11) is -6.37. The molecule has 0 unspecified atom stereocenters. The van der Waals surface area contributed by atoms with Gasteiger partial charge in [0.25, 0.3) is 0 Å². The van der Waals surface area contributed by atoms with Gasteiger partial charge in [0.15, 0.2) is 0 Å². The van der Waals surface area contributed by atoms with Gasteiger partial charge in [-0.05, 0) is 5.14 Å². The molecular formula is C19H55P3Si6. The first kappa shape index (κ1) is 30.6. The quantitative estimate of drug-likeness (QED) is 0.200. The van der Waals surface area contributed by atoms with Crippen molar-refractivity contribution in [3.8, 4) is 0 Å². The van der Waals surface area contributed by atoms with E-state index < -0.39 is 46.4 Å². The van der Waals surface area contributed by atoms with Crippen LogP contribution in [0.5, 0.6) is 0 Å². The molecule has 0 fully saturated rings. The van der Waals surface area contributed by atoms with E-state index >= 15 is 0 Å². The van der Waals surface area contributed by atoms with Gasteiger partial charge in [-0.3, -0.25) is 0 Å². The van der Waals surface area contributed by atoms with E-state index in [1.807, 2.05) is 0 Å². The Morgan fingerprint density at radius 1 is 0.286 bits per heavy atom. The van der Waals surface area contributed by atoms with Crippen LogP contribution < -0.4 is 0 Å². The fourth-order valence-corrected chi connectivity index (χ4v) is 166. The largest absolute Gasteiger partial charge is 0.119 e. The summed E-state index contributed by atoms with van der Waals surface area (Å²) in [5, 5.41) is 1.20. The minimum Gasteiger partial charge on any atom is -0.119 e. The first-order valence-electron chi connectivity index (χ1n) is 11.1. The van der Waals surface area contributed by atoms with Crippen LogP contribution in [0.15, 0.2) is 0 Å². The Labute approximate surface area is 189 Å². The van der Waals surface area contributed by atoms with E-state index in [9.17, 15) is 0 Å². The minimum atomic E-state index is -1.18. The van der Waals surface area contributed by atoms with E-state index in [1.165, 1.54) is 5.14 Å². The zero-order valence-corrected chi connectivity index (χ0v) is 31.6. The van der Waals surface area contributed by atoms with Gasteiger partial charge in [-0.25, -0.2) is 0 Å². The molecule has 0 amide bonds. The summed E-state index contributed by atoms with van der Waals surface area (Å²) in [6.45, 7) is 49.9. The summed E-state index contributed by atoms with van der Waals surface area (Å²) in [6, 6.07) is 0. The molecule has 0 rings (SSSR count). The maximum atomic E-state index is 2.77. The van der Waals surface area contributed by atoms with Gasteiger partial charge in [-0.2, -0.15) is 0 Å². The summed E-state index contributed by atoms with van der Waals surface area (Å²) in [4.78, 5) is 0. The van der Waals surface area contributed by atoms with Gasteiger partial charge in [0, 0.05) is 0 Å². The molecule has 0 aromatic heterocycles. The van der Waals surface area contributed by atoms with Crippen LogP contribution >= 0.6 is 21.1 Å². The van der Waals surface area contributed by atoms with E-state index in [0.717, 1.165) is 0 Å². The molecule has 0 bridgehead atoms. The Morgan fingerprint density at radius 2 is 0.393 bits per heavy atom. The van der Waals surface area contributed by atoms with Crippen LogP contribution in [-0.4, -0.2) is 51.6 Å². The lowest BCUT2D eigenvalue weighted by Gasteiger charge is -2.61. The number of hydrogen-bond acceptors (Lipinski definition) is 0. The fraction of sp³-hybridized carbons (Fsp3) is 1.00. The molecule has 0 radical (unpaired) electrons. The van der Waals surface area contributed by atoms with Crippen molar-refractivity contribution in [2.75, 3.05) is 0 Å². The Hall–Kier alpha value is 2.59. The Morgan fingerprint density at radius 3 is 0.464 bits per heavy atom. The van der Waals surface area contributed by atoms with Gasteiger partial charge >= 0.3 is 0 Å². The van der Waals surface area contributed by atoms with E-state index in [-0.39, 0.29) is 21.1 Å². The van der Waals surface area contributed by atoms with Crippen LogP contribution in [0.1, 0.15) is 0 Å². The highest BCUT2D eigenvalue weighted by Crippen LogP contribution is 2.84. The van der Waals surface area contributed by atoms with Crippen molar-refractivity contribution in [1.82, 2.24) is 0 Å². The van der Waals surface area contributed by atoms with Gasteiger partial charge in [0.05, 0.1) is 46.4 Å². The molecule has 0 aromatic rings. The molecular weight excluding hydrogens is 490 g/mol. The zero-order chi connectivity index (χ0) is 23.3. The van der Waals surface area contributed by atoms with Gasteiger partial charge < -0.3 is 0 Å². The topological polar surface area (TPSA) is 0 Å². The van der Waals surface area contributed by atoms with Gasteiger partial charge in [-0.15, -0.1) is 21.1 Å². The van der Waals surface area contributed by atoms with Crippen molar-refractivity contribution in [3.05, 3.63) is 0 Å². The molecule has 0 aliphatic carbocycles. The Bertz CT molecular complexity index is 395. The highest BCUT2D eigenvalue weighted by atomic mass is 31.7. The molecule has 0 atom stereocenters. The standard InChI is InChI=1S/C19H55P3Si6/c1-23(2,3)20(24(4,5)6)19(21(25(7,8)9)26(10,11)12)22(27(13,14)15)28(16,17)18/h19H,1-18H3. The summed E-state index contributed by atoms with van der Waals surface area (Å²) in [5.41, 5.74) is 0. The molecule has 0 N–H and O–H groups in total. The second-order valence-electron chi connectivity index (χ2n) is 14.5. The van der Waals surface area contributed by atoms with Gasteiger partial charge in [0.1, 0.15) is 0 Å². The van der Waals surface area contributed by atoms with Crippen molar-refractivity contribution < 1.29 is 0 Å². The average molecular weight is 545 g/mol. The van der Waals surface area contributed by atoms with Crippen LogP contribution in [0, 0.1) is 0 Å². The number of rotatable bonds is 9. The van der Waals surface area contributed by atoms with Crippen LogP contribution in [0.2, 0.25) is 118 Å². The lowest BCUT2D eigenvalue weighted by molar-refractivity contribution is 1.73. The Balaban J connectivity index is 7.30. The molecule has 0 aromatic carbocycles. The van der Waals surface area contributed by atoms with Crippen LogP contribution in [0.25, 0.3) is 0 Å². The highest BCUT2D eigenvalue weighted by Gasteiger charge is 2.57. The maximum absolute atomic E-state index is 2.77. The molecule has 0 aliphatic rings. The van der Waals surface area contributed by atoms with Crippen molar-refractivity contribution >= 4 is 67.5 Å². The lowest BCUT2D eigenvalue weighted by atomic mass is 11.8. The Kier molecular flexibility index (Phi) is 10.3. The predicted octanol–water partition coefficient (Wildman–Crippen LogP) is 10.7. The monoisotopic (exact) mass is 544 g/mol. The smallest absolute Gasteiger partial charge is 0.0690 e. The summed E-state index contributed by atoms with van der Waals surface area (Å²) in [5.74, 6) is 0. The summed E-state index contributed by atoms with van der Waals surface area (Å²) >= 11 is 0. The molecule has 0 aliphatic heterocycles. The highest BCUT2D eigenvalue weighted by molar-refractivity contribution is 8.41. The first-order valence-corrected chi connectivity index (χ1v) is 41.4. The van der Waals surface area contributed by atoms with Gasteiger partial charge in [0.2, 0.25) is 0 Å². The molecule has 28 heavy (non-hydrogen) atoms. The predicted molar refractivity (Wildman–Crippen MR) is 165 cm³/mol. The summed E-state index contributed by atoms with van der Waals surface area (Å²) < 4.78 is 0. The zero-order valence-electron chi connectivity index (χ0n) is 22.9. The van der Waals surface area contributed by atoms with E-state index in [2.05, 4.69) is 118 Å².